The van der Waals surface area contributed by atoms with Gasteiger partial charge in [-0.25, -0.2) is 8.78 Å². The fourth-order valence-corrected chi connectivity index (χ4v) is 3.70. The van der Waals surface area contributed by atoms with E-state index in [1.165, 1.54) is 24.6 Å². The maximum Gasteiger partial charge on any atom is 0.220 e. The van der Waals surface area contributed by atoms with Gasteiger partial charge >= 0.3 is 0 Å². The second-order valence-electron chi connectivity index (χ2n) is 7.97. The van der Waals surface area contributed by atoms with Crippen molar-refractivity contribution >= 4 is 11.8 Å². The minimum atomic E-state index is -0.634. The number of carbonyl (C=O) groups excluding carboxylic acids is 2. The molecule has 0 heterocycles. The fraction of sp³-hybridized carbons (Fsp3) is 0.440. The molecular formula is C25H32F2N2O2. The van der Waals surface area contributed by atoms with E-state index >= 15 is 0 Å². The Morgan fingerprint density at radius 1 is 0.903 bits per heavy atom. The summed E-state index contributed by atoms with van der Waals surface area (Å²) >= 11 is 0. The van der Waals surface area contributed by atoms with E-state index in [2.05, 4.69) is 22.8 Å². The van der Waals surface area contributed by atoms with Crippen LogP contribution in [-0.2, 0) is 22.4 Å². The highest BCUT2D eigenvalue weighted by Gasteiger charge is 2.17. The van der Waals surface area contributed by atoms with Crippen molar-refractivity contribution in [1.82, 2.24) is 10.6 Å². The van der Waals surface area contributed by atoms with Gasteiger partial charge in [-0.3, -0.25) is 9.59 Å². The molecule has 0 aliphatic heterocycles. The summed E-state index contributed by atoms with van der Waals surface area (Å²) in [6.45, 7) is 3.43. The molecule has 0 aliphatic carbocycles. The van der Waals surface area contributed by atoms with E-state index in [0.717, 1.165) is 25.3 Å². The predicted molar refractivity (Wildman–Crippen MR) is 119 cm³/mol. The Labute approximate surface area is 183 Å². The van der Waals surface area contributed by atoms with Crippen LogP contribution in [-0.4, -0.2) is 23.9 Å². The van der Waals surface area contributed by atoms with Crippen molar-refractivity contribution in [2.45, 2.75) is 70.9 Å². The largest absolute Gasteiger partial charge is 0.353 e. The molecule has 2 aromatic rings. The van der Waals surface area contributed by atoms with Crippen LogP contribution in [0.1, 0.15) is 57.1 Å². The zero-order valence-corrected chi connectivity index (χ0v) is 18.3. The van der Waals surface area contributed by atoms with Crippen LogP contribution in [0.15, 0.2) is 48.5 Å². The van der Waals surface area contributed by atoms with Crippen LogP contribution in [0.25, 0.3) is 0 Å². The molecule has 2 atom stereocenters. The first-order valence-corrected chi connectivity index (χ1v) is 10.9. The van der Waals surface area contributed by atoms with Gasteiger partial charge in [-0.15, -0.1) is 0 Å². The van der Waals surface area contributed by atoms with Crippen molar-refractivity contribution in [3.8, 4) is 0 Å². The highest BCUT2D eigenvalue weighted by atomic mass is 19.1. The summed E-state index contributed by atoms with van der Waals surface area (Å²) in [7, 11) is 0. The number of aryl methyl sites for hydroxylation is 1. The molecule has 2 amide bonds. The average molecular weight is 431 g/mol. The Morgan fingerprint density at radius 2 is 1.55 bits per heavy atom. The number of rotatable bonds is 12. The molecule has 4 nitrogen and oxygen atoms in total. The molecule has 2 N–H and O–H groups in total. The lowest BCUT2D eigenvalue weighted by molar-refractivity contribution is -0.122. The number of nitrogens with one attached hydrogen (secondary N) is 2. The zero-order valence-electron chi connectivity index (χ0n) is 18.3. The summed E-state index contributed by atoms with van der Waals surface area (Å²) in [6, 6.07) is 13.2. The molecule has 2 rings (SSSR count). The van der Waals surface area contributed by atoms with Crippen molar-refractivity contribution in [2.75, 3.05) is 0 Å². The van der Waals surface area contributed by atoms with Crippen LogP contribution >= 0.6 is 0 Å². The molecular weight excluding hydrogens is 398 g/mol. The van der Waals surface area contributed by atoms with E-state index in [-0.39, 0.29) is 23.9 Å². The van der Waals surface area contributed by atoms with Crippen molar-refractivity contribution in [3.63, 3.8) is 0 Å². The monoisotopic (exact) mass is 430 g/mol. The summed E-state index contributed by atoms with van der Waals surface area (Å²) in [5.74, 6) is -1.44. The van der Waals surface area contributed by atoms with Gasteiger partial charge in [0.15, 0.2) is 0 Å². The summed E-state index contributed by atoms with van der Waals surface area (Å²) in [4.78, 5) is 23.9. The molecule has 2 aromatic carbocycles. The van der Waals surface area contributed by atoms with Gasteiger partial charge in [-0.1, -0.05) is 37.3 Å². The number of hydrogen-bond acceptors (Lipinski definition) is 2. The number of hydrogen-bond donors (Lipinski definition) is 2. The third-order valence-electron chi connectivity index (χ3n) is 5.25. The van der Waals surface area contributed by atoms with E-state index in [0.29, 0.717) is 31.2 Å². The third kappa shape index (κ3) is 9.73. The predicted octanol–water partition coefficient (Wildman–Crippen LogP) is 4.71. The molecule has 31 heavy (non-hydrogen) atoms. The molecule has 6 heteroatoms. The summed E-state index contributed by atoms with van der Waals surface area (Å²) in [5.41, 5.74) is 1.71. The van der Waals surface area contributed by atoms with Gasteiger partial charge in [-0.05, 0) is 61.8 Å². The molecule has 0 fully saturated rings. The normalized spacial score (nSPS) is 12.8. The molecule has 0 saturated heterocycles. The van der Waals surface area contributed by atoms with E-state index in [1.54, 1.807) is 0 Å². The van der Waals surface area contributed by atoms with Crippen molar-refractivity contribution in [3.05, 3.63) is 71.3 Å². The van der Waals surface area contributed by atoms with Crippen LogP contribution in [0.5, 0.6) is 0 Å². The summed E-state index contributed by atoms with van der Waals surface area (Å²) < 4.78 is 27.0. The lowest BCUT2D eigenvalue weighted by atomic mass is 9.98. The molecule has 0 saturated carbocycles. The number of halogens is 2. The van der Waals surface area contributed by atoms with Gasteiger partial charge in [0, 0.05) is 31.5 Å². The lowest BCUT2D eigenvalue weighted by Crippen LogP contribution is -2.39. The molecule has 0 radical (unpaired) electrons. The van der Waals surface area contributed by atoms with E-state index in [1.807, 2.05) is 25.1 Å². The second-order valence-corrected chi connectivity index (χ2v) is 7.97. The van der Waals surface area contributed by atoms with Crippen molar-refractivity contribution < 1.29 is 18.4 Å². The molecule has 0 aliphatic rings. The topological polar surface area (TPSA) is 58.2 Å². The zero-order chi connectivity index (χ0) is 22.6. The van der Waals surface area contributed by atoms with Gasteiger partial charge in [0.1, 0.15) is 11.6 Å². The first kappa shape index (κ1) is 24.5. The van der Waals surface area contributed by atoms with Crippen LogP contribution in [0, 0.1) is 11.6 Å². The van der Waals surface area contributed by atoms with Crippen LogP contribution in [0.3, 0.4) is 0 Å². The Balaban J connectivity index is 1.83. The minimum absolute atomic E-state index is 0.00951. The Morgan fingerprint density at radius 3 is 2.16 bits per heavy atom. The van der Waals surface area contributed by atoms with Gasteiger partial charge in [0.05, 0.1) is 0 Å². The first-order chi connectivity index (χ1) is 14.9. The summed E-state index contributed by atoms with van der Waals surface area (Å²) in [6.07, 6.45) is 4.47. The number of amides is 2. The number of benzene rings is 2. The molecule has 2 unspecified atom stereocenters. The quantitative estimate of drug-likeness (QED) is 0.512. The van der Waals surface area contributed by atoms with Gasteiger partial charge in [-0.2, -0.15) is 0 Å². The molecule has 168 valence electrons. The third-order valence-corrected chi connectivity index (χ3v) is 5.25. The Bertz CT molecular complexity index is 822. The standard InChI is InChI=1S/C25H32F2N2O2/c1-3-23(29-25(31)11-7-10-19-8-5-4-6-9-19)12-13-24(28-18(2)30)16-20-14-21(26)17-22(27)15-20/h4-6,8-9,14-15,17,23-24H,3,7,10-13,16H2,1-2H3,(H,28,30)(H,29,31). The highest BCUT2D eigenvalue weighted by Crippen LogP contribution is 2.14. The van der Waals surface area contributed by atoms with Gasteiger partial charge < -0.3 is 10.6 Å². The maximum atomic E-state index is 13.5. The summed E-state index contributed by atoms with van der Waals surface area (Å²) in [5, 5.41) is 5.93. The van der Waals surface area contributed by atoms with Crippen LogP contribution in [0.2, 0.25) is 0 Å². The van der Waals surface area contributed by atoms with Crippen molar-refractivity contribution in [2.24, 2.45) is 0 Å². The van der Waals surface area contributed by atoms with E-state index in [9.17, 15) is 18.4 Å². The van der Waals surface area contributed by atoms with Crippen molar-refractivity contribution in [1.29, 1.82) is 0 Å². The molecule has 0 spiro atoms. The van der Waals surface area contributed by atoms with E-state index in [4.69, 9.17) is 0 Å². The smallest absolute Gasteiger partial charge is 0.220 e. The van der Waals surface area contributed by atoms with Crippen LogP contribution in [0.4, 0.5) is 8.78 Å². The van der Waals surface area contributed by atoms with Gasteiger partial charge in [0.2, 0.25) is 11.8 Å². The Hall–Kier alpha value is -2.76. The first-order valence-electron chi connectivity index (χ1n) is 10.9. The maximum absolute atomic E-state index is 13.5. The Kier molecular flexibility index (Phi) is 10.1. The molecule has 0 aromatic heterocycles. The molecule has 0 bridgehead atoms. The average Bonchev–Trinajstić information content (AvgIpc) is 2.70. The van der Waals surface area contributed by atoms with Crippen LogP contribution < -0.4 is 10.6 Å². The highest BCUT2D eigenvalue weighted by molar-refractivity contribution is 5.76. The lowest BCUT2D eigenvalue weighted by Gasteiger charge is -2.22. The SMILES string of the molecule is CCC(CCC(Cc1cc(F)cc(F)c1)NC(C)=O)NC(=O)CCCc1ccccc1. The van der Waals surface area contributed by atoms with E-state index < -0.39 is 11.6 Å². The number of carbonyl (C=O) groups is 2. The fourth-order valence-electron chi connectivity index (χ4n) is 3.70. The second kappa shape index (κ2) is 12.8. The van der Waals surface area contributed by atoms with Gasteiger partial charge in [0.25, 0.3) is 0 Å². The minimum Gasteiger partial charge on any atom is -0.353 e.